The highest BCUT2D eigenvalue weighted by atomic mass is 15.2. The molecule has 0 aliphatic rings. The van der Waals surface area contributed by atoms with Crippen LogP contribution in [-0.4, -0.2) is 22.4 Å². The third kappa shape index (κ3) is 4.81. The third-order valence-corrected chi connectivity index (χ3v) is 3.74. The van der Waals surface area contributed by atoms with Crippen LogP contribution in [0.1, 0.15) is 46.1 Å². The molecule has 0 fully saturated rings. The van der Waals surface area contributed by atoms with Gasteiger partial charge in [0.25, 0.3) is 0 Å². The molecule has 2 atom stereocenters. The summed E-state index contributed by atoms with van der Waals surface area (Å²) in [7, 11) is 1.98. The lowest BCUT2D eigenvalue weighted by atomic mass is 9.84. The molecule has 0 radical (unpaired) electrons. The molecule has 1 rings (SSSR count). The van der Waals surface area contributed by atoms with E-state index in [1.807, 2.05) is 17.9 Å². The Morgan fingerprint density at radius 3 is 2.56 bits per heavy atom. The molecule has 18 heavy (non-hydrogen) atoms. The van der Waals surface area contributed by atoms with Crippen LogP contribution in [0.15, 0.2) is 12.4 Å². The standard InChI is InChI=1S/C15H29N3/c1-6-9-16-13(4)15(12(2)3)8-7-14-10-17-18(5)11-14/h10-13,15-16H,6-9H2,1-5H3. The zero-order valence-corrected chi connectivity index (χ0v) is 12.6. The minimum absolute atomic E-state index is 0.599. The lowest BCUT2D eigenvalue weighted by Gasteiger charge is -2.28. The number of aryl methyl sites for hydroxylation is 2. The Balaban J connectivity index is 2.47. The van der Waals surface area contributed by atoms with Crippen molar-refractivity contribution in [2.45, 2.75) is 53.0 Å². The topological polar surface area (TPSA) is 29.9 Å². The van der Waals surface area contributed by atoms with Crippen molar-refractivity contribution >= 4 is 0 Å². The van der Waals surface area contributed by atoms with Gasteiger partial charge in [0, 0.05) is 19.3 Å². The maximum absolute atomic E-state index is 4.23. The van der Waals surface area contributed by atoms with Crippen molar-refractivity contribution < 1.29 is 0 Å². The Morgan fingerprint density at radius 1 is 1.33 bits per heavy atom. The van der Waals surface area contributed by atoms with Gasteiger partial charge < -0.3 is 5.32 Å². The Labute approximate surface area is 112 Å². The van der Waals surface area contributed by atoms with Crippen molar-refractivity contribution in [3.8, 4) is 0 Å². The monoisotopic (exact) mass is 251 g/mol. The first kappa shape index (κ1) is 15.2. The highest BCUT2D eigenvalue weighted by Gasteiger charge is 2.20. The van der Waals surface area contributed by atoms with Gasteiger partial charge in [0.1, 0.15) is 0 Å². The van der Waals surface area contributed by atoms with Crippen LogP contribution in [0.3, 0.4) is 0 Å². The van der Waals surface area contributed by atoms with Crippen molar-refractivity contribution in [1.82, 2.24) is 15.1 Å². The van der Waals surface area contributed by atoms with Gasteiger partial charge in [-0.05, 0) is 50.1 Å². The zero-order valence-electron chi connectivity index (χ0n) is 12.6. The van der Waals surface area contributed by atoms with Crippen molar-refractivity contribution in [2.75, 3.05) is 6.54 Å². The van der Waals surface area contributed by atoms with Crippen LogP contribution in [-0.2, 0) is 13.5 Å². The van der Waals surface area contributed by atoms with Gasteiger partial charge in [-0.3, -0.25) is 4.68 Å². The first-order chi connectivity index (χ1) is 8.54. The van der Waals surface area contributed by atoms with E-state index >= 15 is 0 Å². The van der Waals surface area contributed by atoms with Crippen LogP contribution in [0, 0.1) is 11.8 Å². The van der Waals surface area contributed by atoms with E-state index in [0.717, 1.165) is 24.8 Å². The van der Waals surface area contributed by atoms with E-state index in [0.29, 0.717) is 6.04 Å². The molecule has 0 aromatic carbocycles. The minimum Gasteiger partial charge on any atom is -0.314 e. The second kappa shape index (κ2) is 7.57. The Morgan fingerprint density at radius 2 is 2.06 bits per heavy atom. The molecule has 0 amide bonds. The Kier molecular flexibility index (Phi) is 6.41. The number of hydrogen-bond donors (Lipinski definition) is 1. The molecule has 1 heterocycles. The van der Waals surface area contributed by atoms with Crippen LogP contribution in [0.25, 0.3) is 0 Å². The summed E-state index contributed by atoms with van der Waals surface area (Å²) in [5.41, 5.74) is 1.35. The van der Waals surface area contributed by atoms with Gasteiger partial charge in [0.2, 0.25) is 0 Å². The number of aromatic nitrogens is 2. The predicted octanol–water partition coefficient (Wildman–Crippen LogP) is 3.01. The van der Waals surface area contributed by atoms with E-state index in [2.05, 4.69) is 44.3 Å². The van der Waals surface area contributed by atoms with Crippen LogP contribution in [0.2, 0.25) is 0 Å². The molecule has 0 spiro atoms. The molecular weight excluding hydrogens is 222 g/mol. The van der Waals surface area contributed by atoms with E-state index in [-0.39, 0.29) is 0 Å². The summed E-state index contributed by atoms with van der Waals surface area (Å²) in [6.45, 7) is 10.3. The van der Waals surface area contributed by atoms with Gasteiger partial charge in [-0.25, -0.2) is 0 Å². The number of nitrogens with one attached hydrogen (secondary N) is 1. The minimum atomic E-state index is 0.599. The van der Waals surface area contributed by atoms with Gasteiger partial charge >= 0.3 is 0 Å². The summed E-state index contributed by atoms with van der Waals surface area (Å²) in [5.74, 6) is 1.46. The molecule has 3 heteroatoms. The van der Waals surface area contributed by atoms with E-state index in [1.54, 1.807) is 0 Å². The maximum atomic E-state index is 4.23. The largest absolute Gasteiger partial charge is 0.314 e. The van der Waals surface area contributed by atoms with Crippen molar-refractivity contribution in [3.05, 3.63) is 18.0 Å². The molecule has 0 bridgehead atoms. The smallest absolute Gasteiger partial charge is 0.0521 e. The first-order valence-electron chi connectivity index (χ1n) is 7.25. The molecule has 0 saturated heterocycles. The first-order valence-corrected chi connectivity index (χ1v) is 7.25. The lowest BCUT2D eigenvalue weighted by molar-refractivity contribution is 0.274. The zero-order chi connectivity index (χ0) is 13.5. The summed E-state index contributed by atoms with van der Waals surface area (Å²) < 4.78 is 1.89. The Bertz CT molecular complexity index is 330. The van der Waals surface area contributed by atoms with E-state index in [9.17, 15) is 0 Å². The number of rotatable bonds is 8. The third-order valence-electron chi connectivity index (χ3n) is 3.74. The molecule has 104 valence electrons. The SMILES string of the molecule is CCCNC(C)C(CCc1cnn(C)c1)C(C)C. The van der Waals surface area contributed by atoms with Gasteiger partial charge in [-0.2, -0.15) is 5.10 Å². The van der Waals surface area contributed by atoms with Gasteiger partial charge in [-0.15, -0.1) is 0 Å². The van der Waals surface area contributed by atoms with E-state index < -0.39 is 0 Å². The molecule has 1 N–H and O–H groups in total. The van der Waals surface area contributed by atoms with E-state index in [4.69, 9.17) is 0 Å². The van der Waals surface area contributed by atoms with Crippen LogP contribution in [0.4, 0.5) is 0 Å². The highest BCUT2D eigenvalue weighted by Crippen LogP contribution is 2.21. The highest BCUT2D eigenvalue weighted by molar-refractivity contribution is 5.04. The fourth-order valence-corrected chi connectivity index (χ4v) is 2.62. The summed E-state index contributed by atoms with van der Waals surface area (Å²) in [4.78, 5) is 0. The molecular formula is C15H29N3. The lowest BCUT2D eigenvalue weighted by Crippen LogP contribution is -2.36. The number of hydrogen-bond acceptors (Lipinski definition) is 2. The molecule has 0 saturated carbocycles. The average Bonchev–Trinajstić information content (AvgIpc) is 2.72. The second-order valence-corrected chi connectivity index (χ2v) is 5.71. The second-order valence-electron chi connectivity index (χ2n) is 5.71. The molecule has 2 unspecified atom stereocenters. The normalized spacial score (nSPS) is 15.0. The summed E-state index contributed by atoms with van der Waals surface area (Å²) in [6, 6.07) is 0.599. The van der Waals surface area contributed by atoms with Gasteiger partial charge in [-0.1, -0.05) is 20.8 Å². The maximum Gasteiger partial charge on any atom is 0.0521 e. The predicted molar refractivity (Wildman–Crippen MR) is 77.6 cm³/mol. The summed E-state index contributed by atoms with van der Waals surface area (Å²) >= 11 is 0. The van der Waals surface area contributed by atoms with Gasteiger partial charge in [0.05, 0.1) is 6.20 Å². The molecule has 0 aliphatic heterocycles. The molecule has 3 nitrogen and oxygen atoms in total. The number of nitrogens with zero attached hydrogens (tertiary/aromatic N) is 2. The van der Waals surface area contributed by atoms with E-state index in [1.165, 1.54) is 18.4 Å². The fraction of sp³-hybridized carbons (Fsp3) is 0.800. The van der Waals surface area contributed by atoms with Crippen LogP contribution < -0.4 is 5.32 Å². The summed E-state index contributed by atoms with van der Waals surface area (Å²) in [5, 5.41) is 7.87. The Hall–Kier alpha value is -0.830. The fourth-order valence-electron chi connectivity index (χ4n) is 2.62. The van der Waals surface area contributed by atoms with Crippen molar-refractivity contribution in [2.24, 2.45) is 18.9 Å². The molecule has 1 aromatic rings. The van der Waals surface area contributed by atoms with Crippen LogP contribution in [0.5, 0.6) is 0 Å². The van der Waals surface area contributed by atoms with Crippen molar-refractivity contribution in [1.29, 1.82) is 0 Å². The quantitative estimate of drug-likeness (QED) is 0.769. The van der Waals surface area contributed by atoms with Crippen LogP contribution >= 0.6 is 0 Å². The summed E-state index contributed by atoms with van der Waals surface area (Å²) in [6.07, 6.45) is 7.69. The van der Waals surface area contributed by atoms with Gasteiger partial charge in [0.15, 0.2) is 0 Å². The van der Waals surface area contributed by atoms with Crippen molar-refractivity contribution in [3.63, 3.8) is 0 Å². The average molecular weight is 251 g/mol. The molecule has 1 aromatic heterocycles. The molecule has 0 aliphatic carbocycles.